The van der Waals surface area contributed by atoms with E-state index in [2.05, 4.69) is 31.0 Å². The quantitative estimate of drug-likeness (QED) is 0.592. The Morgan fingerprint density at radius 1 is 1.60 bits per heavy atom. The van der Waals surface area contributed by atoms with Gasteiger partial charge in [-0.1, -0.05) is 6.08 Å². The van der Waals surface area contributed by atoms with E-state index < -0.39 is 0 Å². The van der Waals surface area contributed by atoms with Gasteiger partial charge >= 0.3 is 0 Å². The Balaban J connectivity index is 2.24. The average Bonchev–Trinajstić information content (AvgIpc) is 2.81. The minimum Gasteiger partial charge on any atom is -0.496 e. The zero-order valence-corrected chi connectivity index (χ0v) is 12.3. The van der Waals surface area contributed by atoms with Crippen LogP contribution >= 0.6 is 0 Å². The molecule has 0 radical (unpaired) electrons. The molecular formula is C16H24N2O2. The van der Waals surface area contributed by atoms with Crippen molar-refractivity contribution in [1.29, 1.82) is 0 Å². The van der Waals surface area contributed by atoms with Crippen LogP contribution in [-0.4, -0.2) is 26.3 Å². The number of rotatable bonds is 7. The fourth-order valence-electron chi connectivity index (χ4n) is 2.58. The molecule has 2 unspecified atom stereocenters. The van der Waals surface area contributed by atoms with Crippen LogP contribution in [-0.2, 0) is 6.42 Å². The van der Waals surface area contributed by atoms with Gasteiger partial charge in [0, 0.05) is 30.1 Å². The van der Waals surface area contributed by atoms with Crippen LogP contribution in [0.15, 0.2) is 24.8 Å². The van der Waals surface area contributed by atoms with E-state index in [1.807, 2.05) is 6.08 Å². The highest BCUT2D eigenvalue weighted by Gasteiger charge is 2.24. The van der Waals surface area contributed by atoms with E-state index in [4.69, 9.17) is 15.2 Å². The maximum atomic E-state index is 5.90. The van der Waals surface area contributed by atoms with Crippen LogP contribution in [0.5, 0.6) is 11.5 Å². The van der Waals surface area contributed by atoms with Crippen LogP contribution < -0.4 is 20.5 Å². The normalized spacial score (nSPS) is 18.2. The molecule has 1 aromatic carbocycles. The predicted molar refractivity (Wildman–Crippen MR) is 81.4 cm³/mol. The van der Waals surface area contributed by atoms with Crippen LogP contribution in [0, 0.1) is 0 Å². The van der Waals surface area contributed by atoms with Gasteiger partial charge in [0.1, 0.15) is 17.6 Å². The molecular weight excluding hydrogens is 252 g/mol. The largest absolute Gasteiger partial charge is 0.496 e. The van der Waals surface area contributed by atoms with E-state index >= 15 is 0 Å². The smallest absolute Gasteiger partial charge is 0.124 e. The summed E-state index contributed by atoms with van der Waals surface area (Å²) in [4.78, 5) is 0. The molecule has 2 rings (SSSR count). The van der Waals surface area contributed by atoms with Gasteiger partial charge in [-0.25, -0.2) is 0 Å². The number of benzene rings is 1. The molecule has 4 nitrogen and oxygen atoms in total. The zero-order valence-electron chi connectivity index (χ0n) is 12.3. The molecule has 1 aliphatic rings. The predicted octanol–water partition coefficient (Wildman–Crippen LogP) is 2.18. The van der Waals surface area contributed by atoms with E-state index in [1.165, 1.54) is 5.56 Å². The molecule has 0 fully saturated rings. The van der Waals surface area contributed by atoms with Gasteiger partial charge in [0.05, 0.1) is 7.11 Å². The van der Waals surface area contributed by atoms with Gasteiger partial charge in [0.2, 0.25) is 0 Å². The number of nitrogens with one attached hydrogen (secondary N) is 1. The maximum absolute atomic E-state index is 5.90. The van der Waals surface area contributed by atoms with Gasteiger partial charge in [-0.3, -0.25) is 0 Å². The monoisotopic (exact) mass is 276 g/mol. The Labute approximate surface area is 121 Å². The lowest BCUT2D eigenvalue weighted by molar-refractivity contribution is 0.254. The third-order valence-electron chi connectivity index (χ3n) is 3.60. The van der Waals surface area contributed by atoms with Gasteiger partial charge < -0.3 is 20.5 Å². The van der Waals surface area contributed by atoms with Crippen LogP contribution in [0.1, 0.15) is 30.5 Å². The molecule has 110 valence electrons. The Bertz CT molecular complexity index is 474. The first kappa shape index (κ1) is 14.9. The minimum atomic E-state index is 0.0645. The summed E-state index contributed by atoms with van der Waals surface area (Å²) in [5.41, 5.74) is 8.17. The lowest BCUT2D eigenvalue weighted by Crippen LogP contribution is -2.29. The van der Waals surface area contributed by atoms with Crippen molar-refractivity contribution in [2.45, 2.75) is 31.9 Å². The molecule has 0 saturated heterocycles. The standard InChI is InChI=1S/C16H24N2O2/c1-4-5-6-18-14(10-17)13-9-15-12(7-11(2)20-15)8-16(13)19-3/h4,8-9,11,14,18H,1,5-7,10,17H2,2-3H3. The summed E-state index contributed by atoms with van der Waals surface area (Å²) in [6, 6.07) is 4.21. The highest BCUT2D eigenvalue weighted by molar-refractivity contribution is 5.50. The highest BCUT2D eigenvalue weighted by Crippen LogP contribution is 2.37. The number of hydrogen-bond acceptors (Lipinski definition) is 4. The third kappa shape index (κ3) is 3.14. The van der Waals surface area contributed by atoms with Crippen LogP contribution in [0.4, 0.5) is 0 Å². The van der Waals surface area contributed by atoms with Crippen molar-refractivity contribution in [1.82, 2.24) is 5.32 Å². The molecule has 0 amide bonds. The van der Waals surface area contributed by atoms with Crippen molar-refractivity contribution in [3.63, 3.8) is 0 Å². The Kier molecular flexibility index (Phi) is 5.04. The molecule has 0 spiro atoms. The van der Waals surface area contributed by atoms with Gasteiger partial charge in [0.25, 0.3) is 0 Å². The molecule has 1 aromatic rings. The Morgan fingerprint density at radius 2 is 2.40 bits per heavy atom. The summed E-state index contributed by atoms with van der Waals surface area (Å²) in [7, 11) is 1.70. The number of hydrogen-bond donors (Lipinski definition) is 2. The summed E-state index contributed by atoms with van der Waals surface area (Å²) in [6.07, 6.45) is 3.97. The maximum Gasteiger partial charge on any atom is 0.124 e. The van der Waals surface area contributed by atoms with Gasteiger partial charge in [0.15, 0.2) is 0 Å². The van der Waals surface area contributed by atoms with E-state index in [1.54, 1.807) is 7.11 Å². The molecule has 4 heteroatoms. The minimum absolute atomic E-state index is 0.0645. The van der Waals surface area contributed by atoms with Crippen molar-refractivity contribution >= 4 is 0 Å². The van der Waals surface area contributed by atoms with Crippen LogP contribution in [0.3, 0.4) is 0 Å². The lowest BCUT2D eigenvalue weighted by Gasteiger charge is -2.20. The van der Waals surface area contributed by atoms with Crippen molar-refractivity contribution in [2.24, 2.45) is 5.73 Å². The molecule has 1 heterocycles. The Morgan fingerprint density at radius 3 is 3.05 bits per heavy atom. The molecule has 3 N–H and O–H groups in total. The Hall–Kier alpha value is -1.52. The topological polar surface area (TPSA) is 56.5 Å². The third-order valence-corrected chi connectivity index (χ3v) is 3.60. The van der Waals surface area contributed by atoms with E-state index in [0.717, 1.165) is 36.4 Å². The fourth-order valence-corrected chi connectivity index (χ4v) is 2.58. The van der Waals surface area contributed by atoms with E-state index in [0.29, 0.717) is 6.54 Å². The molecule has 0 aromatic heterocycles. The van der Waals surface area contributed by atoms with Crippen LogP contribution in [0.25, 0.3) is 0 Å². The number of fused-ring (bicyclic) bond motifs is 1. The molecule has 20 heavy (non-hydrogen) atoms. The first-order valence-electron chi connectivity index (χ1n) is 7.11. The van der Waals surface area contributed by atoms with Gasteiger partial charge in [-0.05, 0) is 32.0 Å². The molecule has 0 saturated carbocycles. The summed E-state index contributed by atoms with van der Waals surface area (Å²) >= 11 is 0. The highest BCUT2D eigenvalue weighted by atomic mass is 16.5. The molecule has 2 atom stereocenters. The summed E-state index contributed by atoms with van der Waals surface area (Å²) in [5.74, 6) is 1.83. The first-order chi connectivity index (χ1) is 9.69. The molecule has 1 aliphatic heterocycles. The van der Waals surface area contributed by atoms with Crippen molar-refractivity contribution in [3.8, 4) is 11.5 Å². The summed E-state index contributed by atoms with van der Waals surface area (Å²) in [6.45, 7) is 7.17. The number of methoxy groups -OCH3 is 1. The zero-order chi connectivity index (χ0) is 14.5. The fraction of sp³-hybridized carbons (Fsp3) is 0.500. The first-order valence-corrected chi connectivity index (χ1v) is 7.11. The molecule has 0 bridgehead atoms. The number of ether oxygens (including phenoxy) is 2. The lowest BCUT2D eigenvalue weighted by atomic mass is 10.0. The average molecular weight is 276 g/mol. The van der Waals surface area contributed by atoms with Crippen molar-refractivity contribution in [3.05, 3.63) is 35.9 Å². The van der Waals surface area contributed by atoms with Gasteiger partial charge in [-0.2, -0.15) is 0 Å². The summed E-state index contributed by atoms with van der Waals surface area (Å²) in [5, 5.41) is 3.43. The molecule has 0 aliphatic carbocycles. The SMILES string of the molecule is C=CCCNC(CN)c1cc2c(cc1OC)CC(C)O2. The van der Waals surface area contributed by atoms with Crippen LogP contribution in [0.2, 0.25) is 0 Å². The van der Waals surface area contributed by atoms with E-state index in [-0.39, 0.29) is 12.1 Å². The second kappa shape index (κ2) is 6.77. The van der Waals surface area contributed by atoms with Gasteiger partial charge in [-0.15, -0.1) is 6.58 Å². The van der Waals surface area contributed by atoms with Crippen molar-refractivity contribution < 1.29 is 9.47 Å². The second-order valence-electron chi connectivity index (χ2n) is 5.15. The second-order valence-corrected chi connectivity index (χ2v) is 5.15. The summed E-state index contributed by atoms with van der Waals surface area (Å²) < 4.78 is 11.4. The van der Waals surface area contributed by atoms with E-state index in [9.17, 15) is 0 Å². The van der Waals surface area contributed by atoms with Crippen molar-refractivity contribution in [2.75, 3.05) is 20.2 Å². The number of nitrogens with two attached hydrogens (primary N) is 1.